The molecule has 0 fully saturated rings. The zero-order valence-electron chi connectivity index (χ0n) is 7.73. The molecule has 1 heterocycles. The van der Waals surface area contributed by atoms with Gasteiger partial charge in [0.1, 0.15) is 0 Å². The number of carbonyl (C=O) groups excluding carboxylic acids is 1. The van der Waals surface area contributed by atoms with Crippen LogP contribution in [0.15, 0.2) is 18.7 Å². The number of aryl methyl sites for hydroxylation is 1. The van der Waals surface area contributed by atoms with Gasteiger partial charge in [-0.15, -0.1) is 0 Å². The Morgan fingerprint density at radius 3 is 2.79 bits per heavy atom. The third-order valence-electron chi connectivity index (χ3n) is 1.78. The molecule has 5 heteroatoms. The summed E-state index contributed by atoms with van der Waals surface area (Å²) < 4.78 is 1.38. The number of hydrogen-bond donors (Lipinski definition) is 1. The van der Waals surface area contributed by atoms with Gasteiger partial charge in [-0.25, -0.2) is 4.79 Å². The highest BCUT2D eigenvalue weighted by atomic mass is 16.4. The fourth-order valence-corrected chi connectivity index (χ4v) is 1.03. The molecule has 1 N–H and O–H groups in total. The molecule has 0 unspecified atom stereocenters. The van der Waals surface area contributed by atoms with Gasteiger partial charge in [-0.2, -0.15) is 5.10 Å². The van der Waals surface area contributed by atoms with Crippen LogP contribution in [0.2, 0.25) is 0 Å². The van der Waals surface area contributed by atoms with Crippen LogP contribution < -0.4 is 0 Å². The number of aromatic carboxylic acids is 1. The van der Waals surface area contributed by atoms with Crippen molar-refractivity contribution in [3.8, 4) is 0 Å². The van der Waals surface area contributed by atoms with Crippen LogP contribution in [-0.4, -0.2) is 26.6 Å². The van der Waals surface area contributed by atoms with E-state index in [-0.39, 0.29) is 17.9 Å². The molecule has 1 aromatic heterocycles. The Hall–Kier alpha value is -1.91. The van der Waals surface area contributed by atoms with Crippen LogP contribution in [0.1, 0.15) is 16.2 Å². The predicted molar refractivity (Wildman–Crippen MR) is 49.1 cm³/mol. The maximum absolute atomic E-state index is 11.0. The molecule has 1 rings (SSSR count). The van der Waals surface area contributed by atoms with Gasteiger partial charge in [0.05, 0.1) is 6.42 Å². The normalized spacial score (nSPS) is 9.79. The number of rotatable bonds is 4. The van der Waals surface area contributed by atoms with E-state index in [4.69, 9.17) is 5.11 Å². The van der Waals surface area contributed by atoms with Crippen molar-refractivity contribution in [3.63, 3.8) is 0 Å². The van der Waals surface area contributed by atoms with Crippen LogP contribution >= 0.6 is 0 Å². The second-order valence-electron chi connectivity index (χ2n) is 2.80. The van der Waals surface area contributed by atoms with E-state index in [1.165, 1.54) is 16.8 Å². The van der Waals surface area contributed by atoms with Crippen molar-refractivity contribution in [1.29, 1.82) is 0 Å². The molecule has 5 nitrogen and oxygen atoms in total. The molecule has 1 aromatic rings. The van der Waals surface area contributed by atoms with Crippen LogP contribution in [0.3, 0.4) is 0 Å². The molecule has 0 saturated heterocycles. The fourth-order valence-electron chi connectivity index (χ4n) is 1.03. The van der Waals surface area contributed by atoms with E-state index in [2.05, 4.69) is 11.7 Å². The first-order valence-electron chi connectivity index (χ1n) is 3.96. The van der Waals surface area contributed by atoms with Gasteiger partial charge in [-0.05, 0) is 12.1 Å². The molecule has 0 aliphatic carbocycles. The Bertz CT molecular complexity index is 393. The number of allylic oxidation sites excluding steroid dienone is 1. The monoisotopic (exact) mass is 194 g/mol. The largest absolute Gasteiger partial charge is 0.476 e. The van der Waals surface area contributed by atoms with Gasteiger partial charge < -0.3 is 5.11 Å². The summed E-state index contributed by atoms with van der Waals surface area (Å²) in [4.78, 5) is 21.5. The predicted octanol–water partition coefficient (Wildman–Crippen LogP) is 0.416. The lowest BCUT2D eigenvalue weighted by Gasteiger charge is -1.96. The van der Waals surface area contributed by atoms with Crippen LogP contribution in [0.5, 0.6) is 0 Å². The van der Waals surface area contributed by atoms with Crippen molar-refractivity contribution >= 4 is 11.8 Å². The third kappa shape index (κ3) is 2.07. The quantitative estimate of drug-likeness (QED) is 0.705. The van der Waals surface area contributed by atoms with Gasteiger partial charge >= 0.3 is 5.97 Å². The third-order valence-corrected chi connectivity index (χ3v) is 1.78. The van der Waals surface area contributed by atoms with Gasteiger partial charge in [-0.1, -0.05) is 6.58 Å². The SMILES string of the molecule is C=CC(=O)Cc1cc(C(=O)O)nn1C. The Balaban J connectivity index is 2.93. The number of ketones is 1. The zero-order valence-corrected chi connectivity index (χ0v) is 7.73. The van der Waals surface area contributed by atoms with E-state index < -0.39 is 5.97 Å². The van der Waals surface area contributed by atoms with E-state index in [0.29, 0.717) is 5.69 Å². The van der Waals surface area contributed by atoms with E-state index in [1.807, 2.05) is 0 Å². The number of carboxylic acid groups (broad SMARTS) is 1. The van der Waals surface area contributed by atoms with Crippen molar-refractivity contribution in [3.05, 3.63) is 30.1 Å². The molecule has 0 spiro atoms. The fraction of sp³-hybridized carbons (Fsp3) is 0.222. The smallest absolute Gasteiger partial charge is 0.356 e. The highest BCUT2D eigenvalue weighted by Crippen LogP contribution is 2.04. The number of nitrogens with zero attached hydrogens (tertiary/aromatic N) is 2. The second kappa shape index (κ2) is 3.87. The molecular formula is C9H10N2O3. The molecule has 0 atom stereocenters. The molecule has 14 heavy (non-hydrogen) atoms. The van der Waals surface area contributed by atoms with Crippen LogP contribution in [-0.2, 0) is 18.3 Å². The van der Waals surface area contributed by atoms with Crippen molar-refractivity contribution in [2.24, 2.45) is 7.05 Å². The summed E-state index contributed by atoms with van der Waals surface area (Å²) in [5, 5.41) is 12.4. The number of aromatic nitrogens is 2. The van der Waals surface area contributed by atoms with E-state index in [1.54, 1.807) is 7.05 Å². The van der Waals surface area contributed by atoms with Gasteiger partial charge in [0.15, 0.2) is 11.5 Å². The summed E-state index contributed by atoms with van der Waals surface area (Å²) in [5.41, 5.74) is 0.506. The average Bonchev–Trinajstić information content (AvgIpc) is 2.48. The number of carboxylic acids is 1. The van der Waals surface area contributed by atoms with Crippen LogP contribution in [0.25, 0.3) is 0 Å². The minimum Gasteiger partial charge on any atom is -0.476 e. The second-order valence-corrected chi connectivity index (χ2v) is 2.80. The Labute approximate surface area is 80.7 Å². The summed E-state index contributed by atoms with van der Waals surface area (Å²) in [5.74, 6) is -1.26. The zero-order chi connectivity index (χ0) is 10.7. The van der Waals surface area contributed by atoms with Crippen molar-refractivity contribution < 1.29 is 14.7 Å². The van der Waals surface area contributed by atoms with E-state index in [0.717, 1.165) is 0 Å². The van der Waals surface area contributed by atoms with Gasteiger partial charge in [0.2, 0.25) is 0 Å². The van der Waals surface area contributed by atoms with E-state index in [9.17, 15) is 9.59 Å². The summed E-state index contributed by atoms with van der Waals surface area (Å²) >= 11 is 0. The first kappa shape index (κ1) is 10.2. The molecule has 0 amide bonds. The summed E-state index contributed by atoms with van der Waals surface area (Å²) in [6.45, 7) is 3.33. The summed E-state index contributed by atoms with van der Waals surface area (Å²) in [6.07, 6.45) is 1.33. The topological polar surface area (TPSA) is 72.2 Å². The summed E-state index contributed by atoms with van der Waals surface area (Å²) in [6, 6.07) is 1.38. The maximum Gasteiger partial charge on any atom is 0.356 e. The highest BCUT2D eigenvalue weighted by molar-refractivity contribution is 5.91. The lowest BCUT2D eigenvalue weighted by atomic mass is 10.2. The molecule has 0 aliphatic rings. The molecule has 74 valence electrons. The first-order valence-corrected chi connectivity index (χ1v) is 3.96. The average molecular weight is 194 g/mol. The number of hydrogen-bond acceptors (Lipinski definition) is 3. The van der Waals surface area contributed by atoms with Crippen molar-refractivity contribution in [2.75, 3.05) is 0 Å². The lowest BCUT2D eigenvalue weighted by Crippen LogP contribution is -2.04. The number of carbonyl (C=O) groups is 2. The summed E-state index contributed by atoms with van der Waals surface area (Å²) in [7, 11) is 1.60. The van der Waals surface area contributed by atoms with Crippen LogP contribution in [0.4, 0.5) is 0 Å². The van der Waals surface area contributed by atoms with E-state index >= 15 is 0 Å². The van der Waals surface area contributed by atoms with Crippen molar-refractivity contribution in [1.82, 2.24) is 9.78 Å². The highest BCUT2D eigenvalue weighted by Gasteiger charge is 2.12. The molecule has 0 aromatic carbocycles. The Kier molecular flexibility index (Phi) is 2.81. The first-order chi connectivity index (χ1) is 6.54. The van der Waals surface area contributed by atoms with Gasteiger partial charge in [0, 0.05) is 12.7 Å². The molecule has 0 radical (unpaired) electrons. The minimum absolute atomic E-state index is 0.0561. The Morgan fingerprint density at radius 1 is 1.71 bits per heavy atom. The standard InChI is InChI=1S/C9H10N2O3/c1-3-7(12)4-6-5-8(9(13)14)10-11(6)2/h3,5H,1,4H2,2H3,(H,13,14). The Morgan fingerprint density at radius 2 is 2.36 bits per heavy atom. The maximum atomic E-state index is 11.0. The molecular weight excluding hydrogens is 184 g/mol. The molecule has 0 saturated carbocycles. The molecule has 0 aliphatic heterocycles. The minimum atomic E-state index is -1.10. The van der Waals surface area contributed by atoms with Gasteiger partial charge in [0.25, 0.3) is 0 Å². The van der Waals surface area contributed by atoms with Crippen LogP contribution in [0, 0.1) is 0 Å². The lowest BCUT2D eigenvalue weighted by molar-refractivity contribution is -0.114. The van der Waals surface area contributed by atoms with Crippen molar-refractivity contribution in [2.45, 2.75) is 6.42 Å². The molecule has 0 bridgehead atoms. The van der Waals surface area contributed by atoms with Gasteiger partial charge in [-0.3, -0.25) is 9.48 Å².